The van der Waals surface area contributed by atoms with Crippen molar-refractivity contribution in [1.29, 1.82) is 0 Å². The summed E-state index contributed by atoms with van der Waals surface area (Å²) in [5.41, 5.74) is 7.04. The molecule has 0 aromatic heterocycles. The largest absolute Gasteiger partial charge is 0.352 e. The fraction of sp³-hybridized carbons (Fsp3) is 0.516. The summed E-state index contributed by atoms with van der Waals surface area (Å²) in [6, 6.07) is 7.59. The molecule has 9 heteroatoms. The third-order valence-electron chi connectivity index (χ3n) is 8.87. The molecule has 5 rings (SSSR count). The number of rotatable bonds is 6. The second-order valence-corrected chi connectivity index (χ2v) is 11.6. The standard InChI is InChI=1S/C31H38F2N4O3/c32-24-11-9-23(14-25(24)33)31(40)37-27-12-10-22(30(39)35-18-20-6-4-5-19(13-20)17-34)15-26(27)36-29(38)16-28(37)21-7-2-1-3-8-21/h9-12,14-15,19-21,28H,1-8,13,16-18,34H2,(H,35,39)(H,36,38). The Labute approximate surface area is 233 Å². The molecule has 40 heavy (non-hydrogen) atoms. The Kier molecular flexibility index (Phi) is 8.78. The number of nitrogens with two attached hydrogens (primary N) is 1. The van der Waals surface area contributed by atoms with Gasteiger partial charge >= 0.3 is 0 Å². The highest BCUT2D eigenvalue weighted by molar-refractivity contribution is 6.12. The van der Waals surface area contributed by atoms with E-state index >= 15 is 0 Å². The Balaban J connectivity index is 1.44. The summed E-state index contributed by atoms with van der Waals surface area (Å²) in [5, 5.41) is 5.93. The van der Waals surface area contributed by atoms with Crippen LogP contribution in [0.4, 0.5) is 20.2 Å². The molecule has 1 heterocycles. The zero-order chi connectivity index (χ0) is 28.2. The molecule has 1 aliphatic heterocycles. The van der Waals surface area contributed by atoms with Gasteiger partial charge in [0.2, 0.25) is 5.91 Å². The maximum absolute atomic E-state index is 14.1. The molecular formula is C31H38F2N4O3. The lowest BCUT2D eigenvalue weighted by atomic mass is 9.81. The molecule has 3 unspecified atom stereocenters. The Morgan fingerprint density at radius 2 is 1.68 bits per heavy atom. The highest BCUT2D eigenvalue weighted by Gasteiger charge is 2.38. The second-order valence-electron chi connectivity index (χ2n) is 11.6. The van der Waals surface area contributed by atoms with E-state index in [-0.39, 0.29) is 29.7 Å². The number of halogens is 2. The van der Waals surface area contributed by atoms with E-state index in [0.29, 0.717) is 41.9 Å². The van der Waals surface area contributed by atoms with E-state index in [2.05, 4.69) is 10.6 Å². The van der Waals surface area contributed by atoms with Gasteiger partial charge in [0, 0.05) is 30.1 Å². The third kappa shape index (κ3) is 6.19. The summed E-state index contributed by atoms with van der Waals surface area (Å²) < 4.78 is 27.8. The molecule has 3 amide bonds. The van der Waals surface area contributed by atoms with Crippen LogP contribution in [0.3, 0.4) is 0 Å². The average molecular weight is 553 g/mol. The lowest BCUT2D eigenvalue weighted by Crippen LogP contribution is -2.46. The Bertz CT molecular complexity index is 1260. The number of carbonyl (C=O) groups excluding carboxylic acids is 3. The number of anilines is 2. The second kappa shape index (κ2) is 12.5. The molecule has 0 radical (unpaired) electrons. The maximum atomic E-state index is 14.1. The first-order valence-electron chi connectivity index (χ1n) is 14.5. The Hall–Kier alpha value is -3.33. The van der Waals surface area contributed by atoms with E-state index < -0.39 is 23.6 Å². The Morgan fingerprint density at radius 1 is 0.925 bits per heavy atom. The minimum Gasteiger partial charge on any atom is -0.352 e. The molecule has 0 spiro atoms. The molecule has 2 aliphatic carbocycles. The lowest BCUT2D eigenvalue weighted by molar-refractivity contribution is -0.116. The van der Waals surface area contributed by atoms with Gasteiger partial charge in [-0.05, 0) is 92.8 Å². The molecule has 4 N–H and O–H groups in total. The van der Waals surface area contributed by atoms with Crippen LogP contribution in [0, 0.1) is 29.4 Å². The van der Waals surface area contributed by atoms with E-state index in [0.717, 1.165) is 69.9 Å². The number of hydrogen-bond donors (Lipinski definition) is 3. The van der Waals surface area contributed by atoms with Gasteiger partial charge in [0.15, 0.2) is 11.6 Å². The van der Waals surface area contributed by atoms with Crippen LogP contribution in [0.1, 0.15) is 84.9 Å². The van der Waals surface area contributed by atoms with Crippen LogP contribution in [0.2, 0.25) is 0 Å². The molecule has 3 atom stereocenters. The Morgan fingerprint density at radius 3 is 2.42 bits per heavy atom. The summed E-state index contributed by atoms with van der Waals surface area (Å²) >= 11 is 0. The van der Waals surface area contributed by atoms with E-state index in [1.807, 2.05) is 0 Å². The van der Waals surface area contributed by atoms with Crippen molar-refractivity contribution >= 4 is 29.1 Å². The molecule has 0 bridgehead atoms. The minimum absolute atomic E-state index is 0.00472. The van der Waals surface area contributed by atoms with Gasteiger partial charge in [0.25, 0.3) is 11.8 Å². The van der Waals surface area contributed by atoms with Gasteiger partial charge in [-0.2, -0.15) is 0 Å². The molecule has 3 aliphatic rings. The van der Waals surface area contributed by atoms with Gasteiger partial charge in [-0.15, -0.1) is 0 Å². The first-order valence-corrected chi connectivity index (χ1v) is 14.5. The van der Waals surface area contributed by atoms with Gasteiger partial charge in [0.1, 0.15) is 0 Å². The SMILES string of the molecule is NCC1CCCC(CNC(=O)c2ccc3c(c2)NC(=O)CC(C2CCCCC2)N3C(=O)c2ccc(F)c(F)c2)C1. The van der Waals surface area contributed by atoms with Crippen LogP contribution in [0.5, 0.6) is 0 Å². The number of hydrogen-bond acceptors (Lipinski definition) is 4. The van der Waals surface area contributed by atoms with Crippen molar-refractivity contribution in [3.8, 4) is 0 Å². The average Bonchev–Trinajstić information content (AvgIpc) is 3.12. The third-order valence-corrected chi connectivity index (χ3v) is 8.87. The van der Waals surface area contributed by atoms with Crippen molar-refractivity contribution < 1.29 is 23.2 Å². The van der Waals surface area contributed by atoms with E-state index in [1.54, 1.807) is 23.1 Å². The summed E-state index contributed by atoms with van der Waals surface area (Å²) in [5.74, 6) is -2.17. The van der Waals surface area contributed by atoms with Crippen molar-refractivity contribution in [3.05, 3.63) is 59.2 Å². The number of fused-ring (bicyclic) bond motifs is 1. The van der Waals surface area contributed by atoms with E-state index in [9.17, 15) is 23.2 Å². The normalized spacial score (nSPS) is 23.6. The summed E-state index contributed by atoms with van der Waals surface area (Å²) in [6.07, 6.45) is 9.26. The first-order chi connectivity index (χ1) is 19.3. The number of carbonyl (C=O) groups is 3. The van der Waals surface area contributed by atoms with Crippen molar-refractivity contribution in [1.82, 2.24) is 5.32 Å². The molecule has 2 aromatic carbocycles. The zero-order valence-corrected chi connectivity index (χ0v) is 22.8. The fourth-order valence-electron chi connectivity index (χ4n) is 6.71. The summed E-state index contributed by atoms with van der Waals surface area (Å²) in [6.45, 7) is 1.22. The number of amides is 3. The molecule has 214 valence electrons. The van der Waals surface area contributed by atoms with Crippen LogP contribution in [0.15, 0.2) is 36.4 Å². The summed E-state index contributed by atoms with van der Waals surface area (Å²) in [4.78, 5) is 41.7. The fourth-order valence-corrected chi connectivity index (χ4v) is 6.71. The molecule has 2 aromatic rings. The maximum Gasteiger partial charge on any atom is 0.258 e. The first kappa shape index (κ1) is 28.2. The highest BCUT2D eigenvalue weighted by atomic mass is 19.2. The van der Waals surface area contributed by atoms with Gasteiger partial charge in [-0.3, -0.25) is 14.4 Å². The predicted molar refractivity (Wildman–Crippen MR) is 150 cm³/mol. The van der Waals surface area contributed by atoms with Crippen LogP contribution < -0.4 is 21.3 Å². The van der Waals surface area contributed by atoms with Crippen LogP contribution >= 0.6 is 0 Å². The number of benzene rings is 2. The number of nitrogens with one attached hydrogen (secondary N) is 2. The van der Waals surface area contributed by atoms with Crippen molar-refractivity contribution in [2.24, 2.45) is 23.5 Å². The highest BCUT2D eigenvalue weighted by Crippen LogP contribution is 2.40. The van der Waals surface area contributed by atoms with Gasteiger partial charge in [-0.25, -0.2) is 8.78 Å². The quantitative estimate of drug-likeness (QED) is 0.447. The van der Waals surface area contributed by atoms with Crippen molar-refractivity contribution in [2.75, 3.05) is 23.3 Å². The predicted octanol–water partition coefficient (Wildman–Crippen LogP) is 5.40. The van der Waals surface area contributed by atoms with E-state index in [1.165, 1.54) is 6.07 Å². The van der Waals surface area contributed by atoms with Gasteiger partial charge in [-0.1, -0.05) is 25.7 Å². The zero-order valence-electron chi connectivity index (χ0n) is 22.8. The minimum atomic E-state index is -1.10. The summed E-state index contributed by atoms with van der Waals surface area (Å²) in [7, 11) is 0. The monoisotopic (exact) mass is 552 g/mol. The number of nitrogens with zero attached hydrogens (tertiary/aromatic N) is 1. The van der Waals surface area contributed by atoms with Crippen LogP contribution in [0.25, 0.3) is 0 Å². The van der Waals surface area contributed by atoms with Crippen molar-refractivity contribution in [3.63, 3.8) is 0 Å². The lowest BCUT2D eigenvalue weighted by Gasteiger charge is -2.37. The molecule has 0 saturated heterocycles. The molecular weight excluding hydrogens is 514 g/mol. The molecule has 2 saturated carbocycles. The van der Waals surface area contributed by atoms with Gasteiger partial charge in [0.05, 0.1) is 11.4 Å². The van der Waals surface area contributed by atoms with Crippen molar-refractivity contribution in [2.45, 2.75) is 70.3 Å². The smallest absolute Gasteiger partial charge is 0.258 e. The van der Waals surface area contributed by atoms with Crippen LogP contribution in [-0.2, 0) is 4.79 Å². The van der Waals surface area contributed by atoms with Crippen LogP contribution in [-0.4, -0.2) is 36.9 Å². The topological polar surface area (TPSA) is 105 Å². The van der Waals surface area contributed by atoms with E-state index in [4.69, 9.17) is 5.73 Å². The van der Waals surface area contributed by atoms with Gasteiger partial charge < -0.3 is 21.3 Å². The molecule has 7 nitrogen and oxygen atoms in total. The molecule has 2 fully saturated rings.